The number of aryl methyl sites for hydroxylation is 1. The Morgan fingerprint density at radius 3 is 2.27 bits per heavy atom. The number of carbonyl (C=O) groups is 1. The maximum atomic E-state index is 9.00. The largest absolute Gasteiger partial charge is 0.596 e. The van der Waals surface area contributed by atoms with Crippen molar-refractivity contribution in [2.24, 2.45) is 0 Å². The van der Waals surface area contributed by atoms with Gasteiger partial charge in [0.05, 0.1) is 0 Å². The van der Waals surface area contributed by atoms with E-state index in [2.05, 4.69) is 6.26 Å². The van der Waals surface area contributed by atoms with Crippen molar-refractivity contribution < 1.29 is 34.7 Å². The zero-order valence-corrected chi connectivity index (χ0v) is 7.79. The smallest absolute Gasteiger partial charge is 0.300 e. The van der Waals surface area contributed by atoms with Crippen LogP contribution in [0.5, 0.6) is 0 Å². The van der Waals surface area contributed by atoms with Gasteiger partial charge < -0.3 is 9.52 Å². The van der Waals surface area contributed by atoms with Crippen molar-refractivity contribution in [2.75, 3.05) is 0 Å². The third-order valence-corrected chi connectivity index (χ3v) is 0.606. The van der Waals surface area contributed by atoms with E-state index in [4.69, 9.17) is 14.3 Å². The predicted molar refractivity (Wildman–Crippen MR) is 35.6 cm³/mol. The summed E-state index contributed by atoms with van der Waals surface area (Å²) in [5.41, 5.74) is 0. The third-order valence-electron chi connectivity index (χ3n) is 0.606. The topological polar surface area (TPSA) is 50.4 Å². The first-order valence-corrected chi connectivity index (χ1v) is 2.75. The van der Waals surface area contributed by atoms with Crippen molar-refractivity contribution in [1.29, 1.82) is 0 Å². The first kappa shape index (κ1) is 13.0. The van der Waals surface area contributed by atoms with Crippen LogP contribution in [0.3, 0.4) is 0 Å². The Morgan fingerprint density at radius 2 is 2.18 bits per heavy atom. The van der Waals surface area contributed by atoms with Crippen LogP contribution in [0, 0.1) is 13.2 Å². The fourth-order valence-corrected chi connectivity index (χ4v) is 0.312. The molecule has 0 atom stereocenters. The van der Waals surface area contributed by atoms with Crippen LogP contribution in [-0.4, -0.2) is 11.1 Å². The zero-order chi connectivity index (χ0) is 7.98. The van der Waals surface area contributed by atoms with Gasteiger partial charge in [-0.3, -0.25) is 4.79 Å². The molecule has 4 heteroatoms. The molecular weight excluding hydrogens is 238 g/mol. The molecule has 1 N–H and O–H groups in total. The van der Waals surface area contributed by atoms with Gasteiger partial charge in [-0.25, -0.2) is 0 Å². The van der Waals surface area contributed by atoms with E-state index in [9.17, 15) is 0 Å². The van der Waals surface area contributed by atoms with Crippen LogP contribution in [0.2, 0.25) is 0 Å². The third kappa shape index (κ3) is 12.6. The molecule has 0 fully saturated rings. The van der Waals surface area contributed by atoms with E-state index in [0.717, 1.165) is 12.7 Å². The summed E-state index contributed by atoms with van der Waals surface area (Å²) < 4.78 is 4.71. The molecule has 1 rings (SSSR count). The number of furan rings is 1. The Balaban J connectivity index is 0. The molecule has 1 aromatic rings. The second-order valence-electron chi connectivity index (χ2n) is 1.68. The van der Waals surface area contributed by atoms with E-state index < -0.39 is 5.97 Å². The number of aliphatic carboxylic acids is 1. The van der Waals surface area contributed by atoms with Crippen molar-refractivity contribution in [2.45, 2.75) is 13.8 Å². The maximum Gasteiger partial charge on any atom is 0.300 e. The van der Waals surface area contributed by atoms with Crippen LogP contribution >= 0.6 is 0 Å². The fraction of sp³-hybridized carbons (Fsp3) is 0.286. The van der Waals surface area contributed by atoms with E-state index in [1.807, 2.05) is 13.0 Å². The average Bonchev–Trinajstić information content (AvgIpc) is 2.15. The summed E-state index contributed by atoms with van der Waals surface area (Å²) in [5.74, 6) is 0.0787. The van der Waals surface area contributed by atoms with Crippen molar-refractivity contribution in [3.05, 3.63) is 24.2 Å². The molecule has 1 aromatic heterocycles. The summed E-state index contributed by atoms with van der Waals surface area (Å²) in [6, 6.07) is 3.61. The van der Waals surface area contributed by atoms with E-state index in [1.165, 1.54) is 0 Å². The predicted octanol–water partition coefficient (Wildman–Crippen LogP) is 1.48. The molecule has 0 aliphatic carbocycles. The summed E-state index contributed by atoms with van der Waals surface area (Å²) in [5, 5.41) is 7.42. The molecular formula is C7H9O3Pd-. The molecule has 0 radical (unpaired) electrons. The molecule has 0 saturated heterocycles. The summed E-state index contributed by atoms with van der Waals surface area (Å²) in [7, 11) is 0. The second kappa shape index (κ2) is 7.52. The first-order valence-electron chi connectivity index (χ1n) is 2.75. The van der Waals surface area contributed by atoms with Crippen LogP contribution in [-0.2, 0) is 25.2 Å². The molecule has 0 aliphatic rings. The van der Waals surface area contributed by atoms with Gasteiger partial charge in [-0.2, -0.15) is 6.07 Å². The van der Waals surface area contributed by atoms with Gasteiger partial charge in [-0.1, -0.05) is 12.7 Å². The van der Waals surface area contributed by atoms with E-state index >= 15 is 0 Å². The molecule has 11 heavy (non-hydrogen) atoms. The number of carboxylic acid groups (broad SMARTS) is 1. The molecule has 3 nitrogen and oxygen atoms in total. The van der Waals surface area contributed by atoms with Gasteiger partial charge in [-0.05, 0) is 6.26 Å². The van der Waals surface area contributed by atoms with Gasteiger partial charge in [0.1, 0.15) is 0 Å². The Morgan fingerprint density at radius 1 is 1.73 bits per heavy atom. The Hall–Kier alpha value is -0.588. The van der Waals surface area contributed by atoms with Crippen LogP contribution in [0.25, 0.3) is 0 Å². The quantitative estimate of drug-likeness (QED) is 0.558. The molecule has 0 saturated carbocycles. The molecule has 0 bridgehead atoms. The number of hydrogen-bond donors (Lipinski definition) is 1. The van der Waals surface area contributed by atoms with E-state index in [0.29, 0.717) is 0 Å². The molecule has 0 amide bonds. The van der Waals surface area contributed by atoms with Crippen LogP contribution in [0.1, 0.15) is 12.7 Å². The molecule has 0 spiro atoms. The van der Waals surface area contributed by atoms with Gasteiger partial charge in [-0.15, -0.1) is 6.07 Å². The van der Waals surface area contributed by atoms with Crippen molar-refractivity contribution in [3.63, 3.8) is 0 Å². The van der Waals surface area contributed by atoms with E-state index in [-0.39, 0.29) is 20.4 Å². The Bertz CT molecular complexity index is 178. The summed E-state index contributed by atoms with van der Waals surface area (Å²) in [6.45, 7) is 2.97. The van der Waals surface area contributed by atoms with Gasteiger partial charge >= 0.3 is 0 Å². The summed E-state index contributed by atoms with van der Waals surface area (Å²) in [6.07, 6.45) is 2.55. The maximum absolute atomic E-state index is 9.00. The molecule has 0 unspecified atom stereocenters. The van der Waals surface area contributed by atoms with Gasteiger partial charge in [0.25, 0.3) is 5.97 Å². The Kier molecular flexibility index (Phi) is 8.91. The van der Waals surface area contributed by atoms with Crippen molar-refractivity contribution >= 4 is 5.97 Å². The van der Waals surface area contributed by atoms with Crippen molar-refractivity contribution in [3.8, 4) is 0 Å². The standard InChI is InChI=1S/C5H5O.C2H4O2.Pd/c1-5-3-2-4-6-5;1-2(3)4;/h2-3H,1H3;1H3,(H,3,4);/q-1;;. The number of carboxylic acids is 1. The van der Waals surface area contributed by atoms with Gasteiger partial charge in [0.2, 0.25) is 0 Å². The monoisotopic (exact) mass is 247 g/mol. The number of rotatable bonds is 0. The minimum absolute atomic E-state index is 0. The molecule has 1 heterocycles. The molecule has 66 valence electrons. The minimum Gasteiger partial charge on any atom is -0.596 e. The second-order valence-corrected chi connectivity index (χ2v) is 1.68. The fourth-order valence-electron chi connectivity index (χ4n) is 0.312. The Labute approximate surface area is 79.1 Å². The van der Waals surface area contributed by atoms with Gasteiger partial charge in [0.15, 0.2) is 0 Å². The van der Waals surface area contributed by atoms with Gasteiger partial charge in [0, 0.05) is 27.3 Å². The van der Waals surface area contributed by atoms with Crippen LogP contribution < -0.4 is 0 Å². The van der Waals surface area contributed by atoms with E-state index in [1.54, 1.807) is 6.07 Å². The van der Waals surface area contributed by atoms with Crippen LogP contribution in [0.4, 0.5) is 0 Å². The molecule has 0 aliphatic heterocycles. The summed E-state index contributed by atoms with van der Waals surface area (Å²) >= 11 is 0. The average molecular weight is 248 g/mol. The zero-order valence-electron chi connectivity index (χ0n) is 6.23. The number of hydrogen-bond acceptors (Lipinski definition) is 2. The first-order chi connectivity index (χ1) is 4.63. The van der Waals surface area contributed by atoms with Crippen molar-refractivity contribution in [1.82, 2.24) is 0 Å². The van der Waals surface area contributed by atoms with Crippen LogP contribution in [0.15, 0.2) is 16.5 Å². The minimum atomic E-state index is -0.833. The molecule has 0 aromatic carbocycles. The SMILES string of the molecule is CC(=O)O.Cc1cc[c-]o1.[Pd]. The summed E-state index contributed by atoms with van der Waals surface area (Å²) in [4.78, 5) is 9.00. The normalized spacial score (nSPS) is 7.09.